The van der Waals surface area contributed by atoms with Gasteiger partial charge in [-0.2, -0.15) is 5.10 Å². The highest BCUT2D eigenvalue weighted by atomic mass is 79.9. The Labute approximate surface area is 75.7 Å². The molecule has 0 N–H and O–H groups in total. The van der Waals surface area contributed by atoms with Gasteiger partial charge >= 0.3 is 0 Å². The predicted molar refractivity (Wildman–Crippen MR) is 49.6 cm³/mol. The van der Waals surface area contributed by atoms with Gasteiger partial charge in [0.25, 0.3) is 0 Å². The van der Waals surface area contributed by atoms with Crippen molar-refractivity contribution in [3.8, 4) is 0 Å². The quantitative estimate of drug-likeness (QED) is 0.760. The Bertz CT molecular complexity index is 230. The van der Waals surface area contributed by atoms with Crippen LogP contribution in [0.15, 0.2) is 10.7 Å². The molecule has 1 rings (SSSR count). The number of halogens is 1. The SMILES string of the molecule is CCCn1ncc(Br)c1CC. The van der Waals surface area contributed by atoms with Gasteiger partial charge in [0.15, 0.2) is 0 Å². The molecular weight excluding hydrogens is 204 g/mol. The lowest BCUT2D eigenvalue weighted by molar-refractivity contribution is 0.576. The van der Waals surface area contributed by atoms with E-state index in [9.17, 15) is 0 Å². The standard InChI is InChI=1S/C8H13BrN2/c1-3-5-11-8(4-2)7(9)6-10-11/h6H,3-5H2,1-2H3. The van der Waals surface area contributed by atoms with Crippen molar-refractivity contribution in [3.05, 3.63) is 16.4 Å². The molecule has 1 aromatic rings. The van der Waals surface area contributed by atoms with E-state index in [4.69, 9.17) is 0 Å². The van der Waals surface area contributed by atoms with Crippen LogP contribution in [-0.4, -0.2) is 9.78 Å². The molecule has 0 unspecified atom stereocenters. The highest BCUT2D eigenvalue weighted by Crippen LogP contribution is 2.16. The van der Waals surface area contributed by atoms with E-state index in [1.54, 1.807) is 0 Å². The maximum Gasteiger partial charge on any atom is 0.0635 e. The number of nitrogens with zero attached hydrogens (tertiary/aromatic N) is 2. The molecule has 0 spiro atoms. The molecule has 11 heavy (non-hydrogen) atoms. The lowest BCUT2D eigenvalue weighted by atomic mass is 10.3. The summed E-state index contributed by atoms with van der Waals surface area (Å²) in [6.07, 6.45) is 4.05. The van der Waals surface area contributed by atoms with Gasteiger partial charge in [0.2, 0.25) is 0 Å². The van der Waals surface area contributed by atoms with Crippen LogP contribution in [0, 0.1) is 0 Å². The summed E-state index contributed by atoms with van der Waals surface area (Å²) in [5.74, 6) is 0. The number of hydrogen-bond acceptors (Lipinski definition) is 1. The molecule has 1 aromatic heterocycles. The Morgan fingerprint density at radius 3 is 2.82 bits per heavy atom. The molecule has 0 aromatic carbocycles. The molecule has 0 saturated heterocycles. The number of aromatic nitrogens is 2. The van der Waals surface area contributed by atoms with E-state index in [2.05, 4.69) is 39.6 Å². The van der Waals surface area contributed by atoms with E-state index in [1.165, 1.54) is 5.69 Å². The predicted octanol–water partition coefficient (Wildman–Crippen LogP) is 2.62. The van der Waals surface area contributed by atoms with Crippen LogP contribution < -0.4 is 0 Å². The number of hydrogen-bond donors (Lipinski definition) is 0. The van der Waals surface area contributed by atoms with Gasteiger partial charge in [-0.3, -0.25) is 4.68 Å². The first-order valence-electron chi connectivity index (χ1n) is 3.99. The summed E-state index contributed by atoms with van der Waals surface area (Å²) >= 11 is 3.46. The maximum atomic E-state index is 4.25. The van der Waals surface area contributed by atoms with Crippen LogP contribution in [0.2, 0.25) is 0 Å². The van der Waals surface area contributed by atoms with Crippen molar-refractivity contribution in [1.29, 1.82) is 0 Å². The fourth-order valence-corrected chi connectivity index (χ4v) is 1.72. The van der Waals surface area contributed by atoms with Gasteiger partial charge in [0.05, 0.1) is 16.4 Å². The largest absolute Gasteiger partial charge is 0.268 e. The molecule has 3 heteroatoms. The highest BCUT2D eigenvalue weighted by molar-refractivity contribution is 9.10. The van der Waals surface area contributed by atoms with Gasteiger partial charge in [0.1, 0.15) is 0 Å². The summed E-state index contributed by atoms with van der Waals surface area (Å²) in [4.78, 5) is 0. The van der Waals surface area contributed by atoms with Gasteiger partial charge in [-0.1, -0.05) is 13.8 Å². The molecule has 0 atom stereocenters. The molecule has 0 radical (unpaired) electrons. The van der Waals surface area contributed by atoms with E-state index in [-0.39, 0.29) is 0 Å². The van der Waals surface area contributed by atoms with Crippen LogP contribution in [0.25, 0.3) is 0 Å². The van der Waals surface area contributed by atoms with Crippen LogP contribution in [0.1, 0.15) is 26.0 Å². The van der Waals surface area contributed by atoms with Crippen molar-refractivity contribution in [1.82, 2.24) is 9.78 Å². The second kappa shape index (κ2) is 3.90. The topological polar surface area (TPSA) is 17.8 Å². The second-order valence-corrected chi connectivity index (χ2v) is 3.37. The minimum Gasteiger partial charge on any atom is -0.268 e. The van der Waals surface area contributed by atoms with Gasteiger partial charge in [-0.15, -0.1) is 0 Å². The molecule has 0 saturated carbocycles. The third-order valence-corrected chi connectivity index (χ3v) is 2.33. The third-order valence-electron chi connectivity index (χ3n) is 1.67. The molecule has 0 aliphatic carbocycles. The van der Waals surface area contributed by atoms with Gasteiger partial charge in [-0.05, 0) is 28.8 Å². The van der Waals surface area contributed by atoms with E-state index in [1.807, 2.05) is 6.20 Å². The lowest BCUT2D eigenvalue weighted by Gasteiger charge is -2.02. The van der Waals surface area contributed by atoms with Crippen LogP contribution in [0.5, 0.6) is 0 Å². The smallest absolute Gasteiger partial charge is 0.0635 e. The molecule has 0 amide bonds. The Morgan fingerprint density at radius 2 is 2.27 bits per heavy atom. The Balaban J connectivity index is 2.86. The Morgan fingerprint density at radius 1 is 1.55 bits per heavy atom. The Hall–Kier alpha value is -0.310. The highest BCUT2D eigenvalue weighted by Gasteiger charge is 2.04. The summed E-state index contributed by atoms with van der Waals surface area (Å²) in [6, 6.07) is 0. The fourth-order valence-electron chi connectivity index (χ4n) is 1.14. The summed E-state index contributed by atoms with van der Waals surface area (Å²) in [6.45, 7) is 5.33. The second-order valence-electron chi connectivity index (χ2n) is 2.52. The minimum absolute atomic E-state index is 1.02. The van der Waals surface area contributed by atoms with Gasteiger partial charge in [0, 0.05) is 6.54 Å². The average molecular weight is 217 g/mol. The Kier molecular flexibility index (Phi) is 3.12. The minimum atomic E-state index is 1.02. The average Bonchev–Trinajstić information content (AvgIpc) is 2.33. The summed E-state index contributed by atoms with van der Waals surface area (Å²) in [5, 5.41) is 4.25. The van der Waals surface area contributed by atoms with Crippen molar-refractivity contribution >= 4 is 15.9 Å². The monoisotopic (exact) mass is 216 g/mol. The fraction of sp³-hybridized carbons (Fsp3) is 0.625. The first-order chi connectivity index (χ1) is 5.29. The van der Waals surface area contributed by atoms with Crippen LogP contribution >= 0.6 is 15.9 Å². The summed E-state index contributed by atoms with van der Waals surface area (Å²) in [5.41, 5.74) is 1.30. The molecule has 0 bridgehead atoms. The first-order valence-corrected chi connectivity index (χ1v) is 4.79. The van der Waals surface area contributed by atoms with Crippen molar-refractivity contribution in [2.75, 3.05) is 0 Å². The van der Waals surface area contributed by atoms with E-state index >= 15 is 0 Å². The first kappa shape index (κ1) is 8.78. The zero-order valence-electron chi connectivity index (χ0n) is 6.97. The third kappa shape index (κ3) is 1.83. The van der Waals surface area contributed by atoms with Crippen molar-refractivity contribution < 1.29 is 0 Å². The molecule has 0 aliphatic heterocycles. The van der Waals surface area contributed by atoms with E-state index in [0.29, 0.717) is 0 Å². The molecule has 62 valence electrons. The van der Waals surface area contributed by atoms with Crippen LogP contribution in [0.4, 0.5) is 0 Å². The van der Waals surface area contributed by atoms with Crippen LogP contribution in [0.3, 0.4) is 0 Å². The molecule has 1 heterocycles. The molecule has 0 fully saturated rings. The normalized spacial score (nSPS) is 10.5. The van der Waals surface area contributed by atoms with Gasteiger partial charge < -0.3 is 0 Å². The summed E-state index contributed by atoms with van der Waals surface area (Å²) < 4.78 is 3.19. The zero-order valence-corrected chi connectivity index (χ0v) is 8.56. The summed E-state index contributed by atoms with van der Waals surface area (Å²) in [7, 11) is 0. The lowest BCUT2D eigenvalue weighted by Crippen LogP contribution is -2.03. The van der Waals surface area contributed by atoms with Crippen LogP contribution in [-0.2, 0) is 13.0 Å². The zero-order chi connectivity index (χ0) is 8.27. The molecule has 0 aliphatic rings. The van der Waals surface area contributed by atoms with Crippen molar-refractivity contribution in [2.24, 2.45) is 0 Å². The molecular formula is C8H13BrN2. The maximum absolute atomic E-state index is 4.25. The van der Waals surface area contributed by atoms with Crippen molar-refractivity contribution in [2.45, 2.75) is 33.2 Å². The van der Waals surface area contributed by atoms with Crippen molar-refractivity contribution in [3.63, 3.8) is 0 Å². The number of rotatable bonds is 3. The molecule has 2 nitrogen and oxygen atoms in total. The van der Waals surface area contributed by atoms with E-state index in [0.717, 1.165) is 23.9 Å². The van der Waals surface area contributed by atoms with Gasteiger partial charge in [-0.25, -0.2) is 0 Å². The van der Waals surface area contributed by atoms with E-state index < -0.39 is 0 Å². The number of aryl methyl sites for hydroxylation is 1.